The number of nitrogens with zero attached hydrogens (tertiary/aromatic N) is 1. The van der Waals surface area contributed by atoms with Crippen LogP contribution in [-0.2, 0) is 9.84 Å². The average Bonchev–Trinajstić information content (AvgIpc) is 3.10. The Bertz CT molecular complexity index is 1000. The Morgan fingerprint density at radius 2 is 1.82 bits per heavy atom. The van der Waals surface area contributed by atoms with E-state index >= 15 is 0 Å². The van der Waals surface area contributed by atoms with Crippen molar-refractivity contribution in [2.75, 3.05) is 0 Å². The van der Waals surface area contributed by atoms with Gasteiger partial charge in [0.05, 0.1) is 15.1 Å². The molecular formula is C23H27NO2S2. The lowest BCUT2D eigenvalue weighted by atomic mass is 9.98. The number of para-hydroxylation sites is 1. The molecular weight excluding hydrogens is 386 g/mol. The number of aromatic nitrogens is 1. The molecule has 1 heterocycles. The smallest absolute Gasteiger partial charge is 0.188 e. The number of thiazole rings is 1. The van der Waals surface area contributed by atoms with Crippen LogP contribution in [0.1, 0.15) is 48.4 Å². The van der Waals surface area contributed by atoms with Gasteiger partial charge in [0.2, 0.25) is 0 Å². The van der Waals surface area contributed by atoms with E-state index in [0.29, 0.717) is 9.90 Å². The second kappa shape index (κ2) is 9.01. The number of sulfone groups is 1. The Morgan fingerprint density at radius 1 is 1.11 bits per heavy atom. The summed E-state index contributed by atoms with van der Waals surface area (Å²) in [4.78, 5) is 5.06. The molecule has 1 aromatic heterocycles. The van der Waals surface area contributed by atoms with Gasteiger partial charge in [0.15, 0.2) is 9.84 Å². The van der Waals surface area contributed by atoms with Crippen LogP contribution in [0, 0.1) is 12.8 Å². The first-order valence-corrected chi connectivity index (χ1v) is 12.1. The second-order valence-electron chi connectivity index (χ2n) is 7.19. The molecule has 2 atom stereocenters. The van der Waals surface area contributed by atoms with Gasteiger partial charge in [-0.05, 0) is 37.6 Å². The van der Waals surface area contributed by atoms with Gasteiger partial charge in [-0.25, -0.2) is 13.4 Å². The predicted molar refractivity (Wildman–Crippen MR) is 119 cm³/mol. The topological polar surface area (TPSA) is 47.0 Å². The van der Waals surface area contributed by atoms with Crippen molar-refractivity contribution >= 4 is 31.4 Å². The lowest BCUT2D eigenvalue weighted by Gasteiger charge is -2.23. The number of benzene rings is 2. The zero-order valence-electron chi connectivity index (χ0n) is 16.5. The van der Waals surface area contributed by atoms with Gasteiger partial charge in [0, 0.05) is 5.92 Å². The molecule has 28 heavy (non-hydrogen) atoms. The third kappa shape index (κ3) is 4.36. The highest BCUT2D eigenvalue weighted by atomic mass is 32.2. The second-order valence-corrected chi connectivity index (χ2v) is 10.3. The molecule has 3 nitrogen and oxygen atoms in total. The molecule has 3 aromatic rings. The van der Waals surface area contributed by atoms with E-state index in [1.165, 1.54) is 11.3 Å². The summed E-state index contributed by atoms with van der Waals surface area (Å²) >= 11 is 1.47. The van der Waals surface area contributed by atoms with Gasteiger partial charge in [-0.1, -0.05) is 62.1 Å². The highest BCUT2D eigenvalue weighted by Crippen LogP contribution is 2.41. The van der Waals surface area contributed by atoms with E-state index in [9.17, 15) is 8.42 Å². The molecule has 0 amide bonds. The van der Waals surface area contributed by atoms with E-state index in [1.807, 2.05) is 43.3 Å². The quantitative estimate of drug-likeness (QED) is 0.297. The van der Waals surface area contributed by atoms with E-state index in [2.05, 4.69) is 13.5 Å². The van der Waals surface area contributed by atoms with Crippen molar-refractivity contribution in [1.29, 1.82) is 0 Å². The Morgan fingerprint density at radius 3 is 2.46 bits per heavy atom. The number of rotatable bonds is 9. The van der Waals surface area contributed by atoms with E-state index in [-0.39, 0.29) is 5.92 Å². The van der Waals surface area contributed by atoms with Gasteiger partial charge in [-0.2, -0.15) is 0 Å². The number of hydrogen-bond acceptors (Lipinski definition) is 4. The molecule has 0 aliphatic carbocycles. The highest BCUT2D eigenvalue weighted by Gasteiger charge is 2.37. The van der Waals surface area contributed by atoms with Crippen LogP contribution in [0.5, 0.6) is 0 Å². The minimum Gasteiger partial charge on any atom is -0.240 e. The normalized spacial score (nSPS) is 14.1. The van der Waals surface area contributed by atoms with Crippen LogP contribution in [0.4, 0.5) is 0 Å². The Balaban J connectivity index is 2.09. The summed E-state index contributed by atoms with van der Waals surface area (Å²) in [5.41, 5.74) is 1.89. The van der Waals surface area contributed by atoms with Crippen LogP contribution in [-0.4, -0.2) is 13.4 Å². The van der Waals surface area contributed by atoms with Gasteiger partial charge >= 0.3 is 0 Å². The number of unbranched alkanes of at least 4 members (excludes halogenated alkanes) is 2. The number of fused-ring (bicyclic) bond motifs is 1. The molecule has 0 bridgehead atoms. The molecule has 0 spiro atoms. The summed E-state index contributed by atoms with van der Waals surface area (Å²) in [6, 6.07) is 14.9. The van der Waals surface area contributed by atoms with Crippen LogP contribution < -0.4 is 0 Å². The first-order valence-electron chi connectivity index (χ1n) is 9.76. The molecule has 0 aliphatic rings. The fourth-order valence-corrected chi connectivity index (χ4v) is 6.84. The van der Waals surface area contributed by atoms with Gasteiger partial charge in [-0.15, -0.1) is 17.9 Å². The molecule has 5 heteroatoms. The minimum atomic E-state index is -3.59. The van der Waals surface area contributed by atoms with E-state index in [4.69, 9.17) is 4.98 Å². The van der Waals surface area contributed by atoms with Crippen molar-refractivity contribution < 1.29 is 8.42 Å². The van der Waals surface area contributed by atoms with Crippen LogP contribution in [0.25, 0.3) is 10.2 Å². The molecule has 0 fully saturated rings. The lowest BCUT2D eigenvalue weighted by molar-refractivity contribution is 0.498. The molecule has 3 rings (SSSR count). The van der Waals surface area contributed by atoms with Crippen LogP contribution in [0.15, 0.2) is 66.1 Å². The van der Waals surface area contributed by atoms with Crippen LogP contribution >= 0.6 is 11.3 Å². The molecule has 0 radical (unpaired) electrons. The summed E-state index contributed by atoms with van der Waals surface area (Å²) in [6.07, 6.45) is 5.76. The van der Waals surface area contributed by atoms with E-state index in [0.717, 1.165) is 41.5 Å². The van der Waals surface area contributed by atoms with E-state index < -0.39 is 15.1 Å². The van der Waals surface area contributed by atoms with Gasteiger partial charge in [-0.3, -0.25) is 0 Å². The zero-order valence-corrected chi connectivity index (χ0v) is 18.1. The summed E-state index contributed by atoms with van der Waals surface area (Å²) in [6.45, 7) is 8.08. The van der Waals surface area contributed by atoms with Crippen molar-refractivity contribution in [3.8, 4) is 0 Å². The van der Waals surface area contributed by atoms with Gasteiger partial charge < -0.3 is 0 Å². The molecule has 0 aliphatic heterocycles. The highest BCUT2D eigenvalue weighted by molar-refractivity contribution is 7.91. The summed E-state index contributed by atoms with van der Waals surface area (Å²) in [5.74, 6) is -0.168. The largest absolute Gasteiger partial charge is 0.240 e. The predicted octanol–water partition coefficient (Wildman–Crippen LogP) is 6.50. The number of hydrogen-bond donors (Lipinski definition) is 0. The third-order valence-corrected chi connectivity index (χ3v) is 8.51. The fourth-order valence-electron chi connectivity index (χ4n) is 3.46. The maximum Gasteiger partial charge on any atom is 0.188 e. The fraction of sp³-hybridized carbons (Fsp3) is 0.348. The molecule has 0 unspecified atom stereocenters. The van der Waals surface area contributed by atoms with Gasteiger partial charge in [0.1, 0.15) is 10.3 Å². The zero-order chi connectivity index (χ0) is 20.1. The summed E-state index contributed by atoms with van der Waals surface area (Å²) in [7, 11) is -3.59. The number of aryl methyl sites for hydroxylation is 1. The van der Waals surface area contributed by atoms with E-state index in [1.54, 1.807) is 18.2 Å². The van der Waals surface area contributed by atoms with Crippen molar-refractivity contribution in [3.05, 3.63) is 71.8 Å². The maximum atomic E-state index is 13.7. The standard InChI is InChI=1S/C23H27NO2S2/c1-4-6-7-10-18(5-2)22(23-24-20-11-8-9-12-21(20)27-23)28(25,26)19-15-13-17(3)14-16-19/h5,8-9,11-16,18,22H,2,4,6-7,10H2,1,3H3/t18-,22+/m1/s1. The summed E-state index contributed by atoms with van der Waals surface area (Å²) < 4.78 is 28.4. The molecule has 0 N–H and O–H groups in total. The number of allylic oxidation sites excluding steroid dienone is 1. The average molecular weight is 414 g/mol. The van der Waals surface area contributed by atoms with Crippen molar-refractivity contribution in [2.24, 2.45) is 5.92 Å². The molecule has 2 aromatic carbocycles. The van der Waals surface area contributed by atoms with Gasteiger partial charge in [0.25, 0.3) is 0 Å². The molecule has 148 valence electrons. The Hall–Kier alpha value is -1.98. The monoisotopic (exact) mass is 413 g/mol. The van der Waals surface area contributed by atoms with Crippen molar-refractivity contribution in [2.45, 2.75) is 49.7 Å². The van der Waals surface area contributed by atoms with Crippen molar-refractivity contribution in [1.82, 2.24) is 4.98 Å². The maximum absolute atomic E-state index is 13.7. The first kappa shape index (κ1) is 20.7. The third-order valence-electron chi connectivity index (χ3n) is 5.07. The molecule has 0 saturated heterocycles. The van der Waals surface area contributed by atoms with Crippen LogP contribution in [0.2, 0.25) is 0 Å². The summed E-state index contributed by atoms with van der Waals surface area (Å²) in [5, 5.41) is -0.0508. The van der Waals surface area contributed by atoms with Crippen LogP contribution in [0.3, 0.4) is 0 Å². The minimum absolute atomic E-state index is 0.168. The SMILES string of the molecule is C=C[C@H](CCCCC)[C@@H](c1nc2ccccc2s1)S(=O)(=O)c1ccc(C)cc1. The molecule has 0 saturated carbocycles. The lowest BCUT2D eigenvalue weighted by Crippen LogP contribution is -2.21. The first-order chi connectivity index (χ1) is 13.5. The Labute approximate surface area is 172 Å². The Kier molecular flexibility index (Phi) is 6.68. The van der Waals surface area contributed by atoms with Crippen molar-refractivity contribution in [3.63, 3.8) is 0 Å².